The summed E-state index contributed by atoms with van der Waals surface area (Å²) in [5, 5.41) is 5.59. The molecule has 0 aliphatic carbocycles. The Morgan fingerprint density at radius 3 is 2.91 bits per heavy atom. The van der Waals surface area contributed by atoms with Crippen LogP contribution in [0.4, 0.5) is 0 Å². The monoisotopic (exact) mass is 154 g/mol. The minimum atomic E-state index is 0.00194. The van der Waals surface area contributed by atoms with Gasteiger partial charge in [-0.2, -0.15) is 0 Å². The van der Waals surface area contributed by atoms with Crippen molar-refractivity contribution in [2.75, 3.05) is 19.6 Å². The van der Waals surface area contributed by atoms with Gasteiger partial charge in [0.2, 0.25) is 5.91 Å². The van der Waals surface area contributed by atoms with E-state index in [-0.39, 0.29) is 5.91 Å². The molecule has 0 aromatic carbocycles. The third-order valence-corrected chi connectivity index (χ3v) is 1.13. The van der Waals surface area contributed by atoms with Gasteiger partial charge in [0.1, 0.15) is 0 Å². The van der Waals surface area contributed by atoms with Crippen molar-refractivity contribution in [3.63, 3.8) is 0 Å². The van der Waals surface area contributed by atoms with Gasteiger partial charge in [-0.05, 0) is 6.54 Å². The summed E-state index contributed by atoms with van der Waals surface area (Å²) in [4.78, 5) is 10.8. The molecule has 1 amide bonds. The Morgan fingerprint density at radius 1 is 1.64 bits per heavy atom. The van der Waals surface area contributed by atoms with Crippen LogP contribution in [0.2, 0.25) is 0 Å². The molecule has 0 aromatic heterocycles. The number of hydrogen-bond acceptors (Lipinski definition) is 2. The number of carbonyl (C=O) groups excluding carboxylic acids is 1. The van der Waals surface area contributed by atoms with Crippen LogP contribution < -0.4 is 10.6 Å². The van der Waals surface area contributed by atoms with Crippen LogP contribution in [0.25, 0.3) is 0 Å². The molecular formula is C8H14N2O. The standard InChI is InChI=1S/C8H14N2O/c1-3-5-6-10-8(11)7-9-4-2/h1,9H,4-7H2,2H3,(H,10,11). The molecule has 3 nitrogen and oxygen atoms in total. The van der Waals surface area contributed by atoms with Crippen molar-refractivity contribution < 1.29 is 4.79 Å². The lowest BCUT2D eigenvalue weighted by Crippen LogP contribution is -2.34. The van der Waals surface area contributed by atoms with Crippen LogP contribution in [0.3, 0.4) is 0 Å². The first-order chi connectivity index (χ1) is 5.31. The zero-order valence-corrected chi connectivity index (χ0v) is 6.81. The van der Waals surface area contributed by atoms with Gasteiger partial charge in [-0.25, -0.2) is 0 Å². The average Bonchev–Trinajstić information content (AvgIpc) is 2.01. The first-order valence-electron chi connectivity index (χ1n) is 3.72. The van der Waals surface area contributed by atoms with E-state index in [2.05, 4.69) is 16.6 Å². The van der Waals surface area contributed by atoms with E-state index in [0.29, 0.717) is 19.5 Å². The Hall–Kier alpha value is -1.01. The highest BCUT2D eigenvalue weighted by atomic mass is 16.1. The third-order valence-electron chi connectivity index (χ3n) is 1.13. The van der Waals surface area contributed by atoms with Gasteiger partial charge in [0, 0.05) is 13.0 Å². The smallest absolute Gasteiger partial charge is 0.233 e. The fourth-order valence-electron chi connectivity index (χ4n) is 0.575. The Morgan fingerprint density at radius 2 is 2.36 bits per heavy atom. The molecule has 62 valence electrons. The molecule has 0 saturated heterocycles. The zero-order valence-electron chi connectivity index (χ0n) is 6.81. The van der Waals surface area contributed by atoms with E-state index in [0.717, 1.165) is 6.54 Å². The Labute approximate surface area is 67.6 Å². The highest BCUT2D eigenvalue weighted by molar-refractivity contribution is 5.77. The number of rotatable bonds is 5. The van der Waals surface area contributed by atoms with Crippen molar-refractivity contribution >= 4 is 5.91 Å². The second-order valence-corrected chi connectivity index (χ2v) is 2.08. The lowest BCUT2D eigenvalue weighted by molar-refractivity contribution is -0.120. The van der Waals surface area contributed by atoms with E-state index < -0.39 is 0 Å². The molecule has 0 aliphatic rings. The maximum Gasteiger partial charge on any atom is 0.233 e. The maximum atomic E-state index is 10.8. The summed E-state index contributed by atoms with van der Waals surface area (Å²) in [6, 6.07) is 0. The van der Waals surface area contributed by atoms with Crippen molar-refractivity contribution in [2.45, 2.75) is 13.3 Å². The zero-order chi connectivity index (χ0) is 8.53. The molecule has 0 heterocycles. The van der Waals surface area contributed by atoms with Crippen molar-refractivity contribution in [1.82, 2.24) is 10.6 Å². The summed E-state index contributed by atoms with van der Waals surface area (Å²) in [7, 11) is 0. The van der Waals surface area contributed by atoms with Gasteiger partial charge in [-0.1, -0.05) is 6.92 Å². The first-order valence-corrected chi connectivity index (χ1v) is 3.72. The molecule has 0 bridgehead atoms. The van der Waals surface area contributed by atoms with Crippen LogP contribution in [0.15, 0.2) is 0 Å². The molecule has 0 rings (SSSR count). The fourth-order valence-corrected chi connectivity index (χ4v) is 0.575. The van der Waals surface area contributed by atoms with Crippen LogP contribution in [0, 0.1) is 12.3 Å². The summed E-state index contributed by atoms with van der Waals surface area (Å²) in [5.41, 5.74) is 0. The molecule has 0 aromatic rings. The second kappa shape index (κ2) is 7.10. The van der Waals surface area contributed by atoms with E-state index in [4.69, 9.17) is 6.42 Å². The fraction of sp³-hybridized carbons (Fsp3) is 0.625. The number of likely N-dealkylation sites (N-methyl/N-ethyl adjacent to an activating group) is 1. The molecule has 0 unspecified atom stereocenters. The molecule has 3 heteroatoms. The topological polar surface area (TPSA) is 41.1 Å². The molecule has 0 saturated carbocycles. The molecule has 0 spiro atoms. The van der Waals surface area contributed by atoms with Gasteiger partial charge < -0.3 is 10.6 Å². The predicted octanol–water partition coefficient (Wildman–Crippen LogP) is -0.265. The van der Waals surface area contributed by atoms with E-state index in [1.165, 1.54) is 0 Å². The molecule has 0 aliphatic heterocycles. The number of terminal acetylenes is 1. The highest BCUT2D eigenvalue weighted by Crippen LogP contribution is 1.70. The summed E-state index contributed by atoms with van der Waals surface area (Å²) in [5.74, 6) is 2.45. The highest BCUT2D eigenvalue weighted by Gasteiger charge is 1.95. The van der Waals surface area contributed by atoms with E-state index in [9.17, 15) is 4.79 Å². The Bertz CT molecular complexity index is 149. The van der Waals surface area contributed by atoms with Crippen LogP contribution in [0.1, 0.15) is 13.3 Å². The number of amides is 1. The second-order valence-electron chi connectivity index (χ2n) is 2.08. The van der Waals surface area contributed by atoms with Crippen LogP contribution >= 0.6 is 0 Å². The van der Waals surface area contributed by atoms with E-state index in [1.807, 2.05) is 6.92 Å². The summed E-state index contributed by atoms with van der Waals surface area (Å²) >= 11 is 0. The number of nitrogens with one attached hydrogen (secondary N) is 2. The molecule has 11 heavy (non-hydrogen) atoms. The van der Waals surface area contributed by atoms with Gasteiger partial charge in [0.15, 0.2) is 0 Å². The first kappa shape index (κ1) is 9.99. The molecule has 0 atom stereocenters. The average molecular weight is 154 g/mol. The molecular weight excluding hydrogens is 140 g/mol. The quantitative estimate of drug-likeness (QED) is 0.423. The van der Waals surface area contributed by atoms with E-state index >= 15 is 0 Å². The normalized spacial score (nSPS) is 8.73. The molecule has 0 radical (unpaired) electrons. The van der Waals surface area contributed by atoms with Crippen LogP contribution in [0.5, 0.6) is 0 Å². The van der Waals surface area contributed by atoms with Crippen LogP contribution in [-0.4, -0.2) is 25.5 Å². The van der Waals surface area contributed by atoms with Gasteiger partial charge in [0.25, 0.3) is 0 Å². The molecule has 2 N–H and O–H groups in total. The lowest BCUT2D eigenvalue weighted by Gasteiger charge is -2.02. The van der Waals surface area contributed by atoms with E-state index in [1.54, 1.807) is 0 Å². The van der Waals surface area contributed by atoms with Crippen molar-refractivity contribution in [3.8, 4) is 12.3 Å². The van der Waals surface area contributed by atoms with Gasteiger partial charge >= 0.3 is 0 Å². The van der Waals surface area contributed by atoms with Crippen LogP contribution in [-0.2, 0) is 4.79 Å². The summed E-state index contributed by atoms with van der Waals surface area (Å²) in [6.07, 6.45) is 5.59. The Balaban J connectivity index is 3.17. The van der Waals surface area contributed by atoms with Gasteiger partial charge in [0.05, 0.1) is 6.54 Å². The Kier molecular flexibility index (Phi) is 6.45. The number of carbonyl (C=O) groups is 1. The van der Waals surface area contributed by atoms with Gasteiger partial charge in [-0.3, -0.25) is 4.79 Å². The van der Waals surface area contributed by atoms with Gasteiger partial charge in [-0.15, -0.1) is 12.3 Å². The minimum absolute atomic E-state index is 0.00194. The summed E-state index contributed by atoms with van der Waals surface area (Å²) < 4.78 is 0. The SMILES string of the molecule is C#CCCNC(=O)CNCC. The lowest BCUT2D eigenvalue weighted by atomic mass is 10.4. The predicted molar refractivity (Wildman–Crippen MR) is 45.0 cm³/mol. The minimum Gasteiger partial charge on any atom is -0.354 e. The third kappa shape index (κ3) is 6.88. The summed E-state index contributed by atoms with van der Waals surface area (Å²) in [6.45, 7) is 3.71. The van der Waals surface area contributed by atoms with Crippen molar-refractivity contribution in [1.29, 1.82) is 0 Å². The van der Waals surface area contributed by atoms with Crippen molar-refractivity contribution in [3.05, 3.63) is 0 Å². The largest absolute Gasteiger partial charge is 0.354 e. The number of hydrogen-bond donors (Lipinski definition) is 2. The maximum absolute atomic E-state index is 10.8. The van der Waals surface area contributed by atoms with Crippen molar-refractivity contribution in [2.24, 2.45) is 0 Å². The molecule has 0 fully saturated rings.